The highest BCUT2D eigenvalue weighted by atomic mass is 32.2. The van der Waals surface area contributed by atoms with E-state index >= 15 is 0 Å². The first kappa shape index (κ1) is 18.7. The lowest BCUT2D eigenvalue weighted by atomic mass is 10.2. The second kappa shape index (κ2) is 7.96. The van der Waals surface area contributed by atoms with Gasteiger partial charge in [0.05, 0.1) is 22.3 Å². The van der Waals surface area contributed by atoms with Gasteiger partial charge in [-0.05, 0) is 31.2 Å². The summed E-state index contributed by atoms with van der Waals surface area (Å²) in [6, 6.07) is 13.8. The topological polar surface area (TPSA) is 104 Å². The van der Waals surface area contributed by atoms with Crippen LogP contribution in [-0.2, 0) is 10.0 Å². The number of hydrogen-bond acceptors (Lipinski definition) is 6. The maximum Gasteiger partial charge on any atom is 0.266 e. The lowest BCUT2D eigenvalue weighted by Gasteiger charge is -2.10. The van der Waals surface area contributed by atoms with Crippen molar-refractivity contribution in [2.24, 2.45) is 0 Å². The van der Waals surface area contributed by atoms with Gasteiger partial charge in [0, 0.05) is 10.5 Å². The predicted octanol–water partition coefficient (Wildman–Crippen LogP) is 2.62. The van der Waals surface area contributed by atoms with Crippen molar-refractivity contribution in [2.45, 2.75) is 16.7 Å². The Labute approximate surface area is 149 Å². The van der Waals surface area contributed by atoms with Gasteiger partial charge >= 0.3 is 0 Å². The Bertz CT molecular complexity index is 963. The number of nitrogens with one attached hydrogen (secondary N) is 1. The first-order chi connectivity index (χ1) is 11.8. The number of ketones is 1. The lowest BCUT2D eigenvalue weighted by Crippen LogP contribution is -2.31. The summed E-state index contributed by atoms with van der Waals surface area (Å²) in [6.45, 7) is 1.33. The molecule has 2 aromatic rings. The predicted molar refractivity (Wildman–Crippen MR) is 93.9 cm³/mol. The molecule has 0 aromatic heterocycles. The minimum Gasteiger partial charge on any atom is -0.295 e. The van der Waals surface area contributed by atoms with E-state index in [9.17, 15) is 18.0 Å². The monoisotopic (exact) mass is 374 g/mol. The summed E-state index contributed by atoms with van der Waals surface area (Å²) in [7, 11) is -4.13. The van der Waals surface area contributed by atoms with E-state index < -0.39 is 15.9 Å². The number of thioether (sulfide) groups is 1. The molecule has 8 heteroatoms. The van der Waals surface area contributed by atoms with Crippen molar-refractivity contribution < 1.29 is 18.0 Å². The quantitative estimate of drug-likeness (QED) is 0.616. The molecule has 0 spiro atoms. The molecule has 0 fully saturated rings. The van der Waals surface area contributed by atoms with Crippen molar-refractivity contribution in [2.75, 3.05) is 5.75 Å². The summed E-state index contributed by atoms with van der Waals surface area (Å²) < 4.78 is 26.8. The molecule has 0 unspecified atom stereocenters. The van der Waals surface area contributed by atoms with Gasteiger partial charge in [0.25, 0.3) is 15.9 Å². The van der Waals surface area contributed by atoms with Crippen molar-refractivity contribution in [3.8, 4) is 6.07 Å². The molecular formula is C17H14N2O4S2. The molecular weight excluding hydrogens is 360 g/mol. The highest BCUT2D eigenvalue weighted by Gasteiger charge is 2.21. The molecule has 25 heavy (non-hydrogen) atoms. The van der Waals surface area contributed by atoms with Gasteiger partial charge in [0.2, 0.25) is 0 Å². The van der Waals surface area contributed by atoms with Crippen LogP contribution in [0.1, 0.15) is 27.6 Å². The van der Waals surface area contributed by atoms with Gasteiger partial charge in [-0.25, -0.2) is 13.1 Å². The molecule has 128 valence electrons. The van der Waals surface area contributed by atoms with Crippen LogP contribution in [0.3, 0.4) is 0 Å². The summed E-state index contributed by atoms with van der Waals surface area (Å²) in [5, 5.41) is 8.67. The van der Waals surface area contributed by atoms with Gasteiger partial charge in [-0.15, -0.1) is 11.8 Å². The van der Waals surface area contributed by atoms with Crippen LogP contribution in [0.4, 0.5) is 0 Å². The molecule has 0 aliphatic carbocycles. The average Bonchev–Trinajstić information content (AvgIpc) is 2.60. The number of sulfonamides is 1. The number of Topliss-reactive ketones (excluding diaryl/α,β-unsaturated/α-hetero) is 1. The number of carbonyl (C=O) groups is 2. The molecule has 0 saturated carbocycles. The van der Waals surface area contributed by atoms with E-state index in [1.54, 1.807) is 18.2 Å². The maximum atomic E-state index is 12.4. The molecule has 0 atom stereocenters. The summed E-state index contributed by atoms with van der Waals surface area (Å²) in [5.41, 5.74) is 0.398. The number of nitrogens with zero attached hydrogens (tertiary/aromatic N) is 1. The van der Waals surface area contributed by atoms with Crippen molar-refractivity contribution in [1.29, 1.82) is 5.26 Å². The van der Waals surface area contributed by atoms with Crippen LogP contribution in [0.2, 0.25) is 0 Å². The number of nitriles is 1. The molecule has 0 aliphatic heterocycles. The minimum atomic E-state index is -4.13. The van der Waals surface area contributed by atoms with Crippen LogP contribution in [0, 0.1) is 11.3 Å². The van der Waals surface area contributed by atoms with E-state index in [1.165, 1.54) is 37.3 Å². The Balaban J connectivity index is 2.30. The van der Waals surface area contributed by atoms with Crippen LogP contribution < -0.4 is 4.72 Å². The highest BCUT2D eigenvalue weighted by Crippen LogP contribution is 2.22. The summed E-state index contributed by atoms with van der Waals surface area (Å²) in [6.07, 6.45) is 0. The van der Waals surface area contributed by atoms with Crippen LogP contribution in [0.5, 0.6) is 0 Å². The zero-order valence-electron chi connectivity index (χ0n) is 13.2. The van der Waals surface area contributed by atoms with Crippen LogP contribution in [-0.4, -0.2) is 25.9 Å². The second-order valence-corrected chi connectivity index (χ2v) is 7.66. The molecule has 1 amide bonds. The average molecular weight is 374 g/mol. The van der Waals surface area contributed by atoms with Crippen molar-refractivity contribution in [1.82, 2.24) is 4.72 Å². The number of amides is 1. The SMILES string of the molecule is CC(=O)c1cccc(S(=O)(=O)NC(=O)c2ccccc2SCC#N)c1. The Morgan fingerprint density at radius 2 is 1.88 bits per heavy atom. The van der Waals surface area contributed by atoms with E-state index in [0.29, 0.717) is 4.90 Å². The fourth-order valence-electron chi connectivity index (χ4n) is 2.01. The number of carbonyl (C=O) groups excluding carboxylic acids is 2. The third-order valence-corrected chi connectivity index (χ3v) is 5.47. The van der Waals surface area contributed by atoms with E-state index in [4.69, 9.17) is 5.26 Å². The largest absolute Gasteiger partial charge is 0.295 e. The zero-order chi connectivity index (χ0) is 18.4. The van der Waals surface area contributed by atoms with Gasteiger partial charge in [-0.3, -0.25) is 9.59 Å². The molecule has 2 rings (SSSR count). The Kier molecular flexibility index (Phi) is 5.96. The van der Waals surface area contributed by atoms with E-state index in [0.717, 1.165) is 11.8 Å². The zero-order valence-corrected chi connectivity index (χ0v) is 14.9. The van der Waals surface area contributed by atoms with Gasteiger partial charge in [0.1, 0.15) is 0 Å². The second-order valence-electron chi connectivity index (χ2n) is 4.96. The number of rotatable bonds is 6. The third kappa shape index (κ3) is 4.68. The lowest BCUT2D eigenvalue weighted by molar-refractivity contribution is 0.0977. The normalized spacial score (nSPS) is 10.7. The highest BCUT2D eigenvalue weighted by molar-refractivity contribution is 7.99. The van der Waals surface area contributed by atoms with E-state index in [2.05, 4.69) is 0 Å². The maximum absolute atomic E-state index is 12.4. The molecule has 0 radical (unpaired) electrons. The van der Waals surface area contributed by atoms with Crippen LogP contribution in [0.25, 0.3) is 0 Å². The Morgan fingerprint density at radius 1 is 1.16 bits per heavy atom. The molecule has 1 N–H and O–H groups in total. The Hall–Kier alpha value is -2.63. The van der Waals surface area contributed by atoms with Crippen molar-refractivity contribution in [3.63, 3.8) is 0 Å². The molecule has 2 aromatic carbocycles. The first-order valence-corrected chi connectivity index (χ1v) is 9.59. The standard InChI is InChI=1S/C17H14N2O4S2/c1-12(20)13-5-4-6-14(11-13)25(22,23)19-17(21)15-7-2-3-8-16(15)24-10-9-18/h2-8,11H,10H2,1H3,(H,19,21). The van der Waals surface area contributed by atoms with E-state index in [1.807, 2.05) is 10.8 Å². The first-order valence-electron chi connectivity index (χ1n) is 7.12. The van der Waals surface area contributed by atoms with Gasteiger partial charge < -0.3 is 0 Å². The van der Waals surface area contributed by atoms with Gasteiger partial charge in [0.15, 0.2) is 5.78 Å². The third-order valence-electron chi connectivity index (χ3n) is 3.20. The van der Waals surface area contributed by atoms with Crippen molar-refractivity contribution in [3.05, 3.63) is 59.7 Å². The molecule has 0 saturated heterocycles. The van der Waals surface area contributed by atoms with E-state index in [-0.39, 0.29) is 27.6 Å². The van der Waals surface area contributed by atoms with Crippen LogP contribution >= 0.6 is 11.8 Å². The van der Waals surface area contributed by atoms with Crippen molar-refractivity contribution >= 4 is 33.5 Å². The van der Waals surface area contributed by atoms with Gasteiger partial charge in [-0.1, -0.05) is 24.3 Å². The fourth-order valence-corrected chi connectivity index (χ4v) is 3.73. The van der Waals surface area contributed by atoms with Gasteiger partial charge in [-0.2, -0.15) is 5.26 Å². The smallest absolute Gasteiger partial charge is 0.266 e. The minimum absolute atomic E-state index is 0.137. The Morgan fingerprint density at radius 3 is 2.56 bits per heavy atom. The summed E-state index contributed by atoms with van der Waals surface area (Å²) in [4.78, 5) is 24.1. The number of benzene rings is 2. The summed E-state index contributed by atoms with van der Waals surface area (Å²) >= 11 is 1.14. The molecule has 0 bridgehead atoms. The molecule has 0 aliphatic rings. The van der Waals surface area contributed by atoms with Crippen LogP contribution in [0.15, 0.2) is 58.3 Å². The fraction of sp³-hybridized carbons (Fsp3) is 0.118. The molecule has 0 heterocycles. The summed E-state index contributed by atoms with van der Waals surface area (Å²) in [5.74, 6) is -0.937. The molecule has 6 nitrogen and oxygen atoms in total. The number of hydrogen-bond donors (Lipinski definition) is 1.